The Morgan fingerprint density at radius 3 is 2.77 bits per heavy atom. The molecule has 0 aromatic rings. The molecule has 5 nitrogen and oxygen atoms in total. The molecule has 1 rings (SSSR count). The first-order valence-corrected chi connectivity index (χ1v) is 5.76. The summed E-state index contributed by atoms with van der Waals surface area (Å²) in [4.78, 5) is 0. The average Bonchev–Trinajstić information content (AvgIpc) is 2.16. The van der Waals surface area contributed by atoms with E-state index in [1.165, 1.54) is 0 Å². The van der Waals surface area contributed by atoms with Crippen LogP contribution in [0.15, 0.2) is 5.16 Å². The summed E-state index contributed by atoms with van der Waals surface area (Å²) in [6.45, 7) is 0.397. The van der Waals surface area contributed by atoms with Crippen molar-refractivity contribution in [2.24, 2.45) is 10.9 Å². The molecule has 0 radical (unpaired) electrons. The summed E-state index contributed by atoms with van der Waals surface area (Å²) in [5.74, 6) is 1.70. The molecule has 76 valence electrons. The lowest BCUT2D eigenvalue weighted by atomic mass is 10.1. The summed E-state index contributed by atoms with van der Waals surface area (Å²) < 4.78 is 11.0. The predicted molar refractivity (Wildman–Crippen MR) is 52.3 cm³/mol. The van der Waals surface area contributed by atoms with E-state index in [2.05, 4.69) is 10.5 Å². The molecule has 0 saturated carbocycles. The minimum absolute atomic E-state index is 0.187. The van der Waals surface area contributed by atoms with E-state index < -0.39 is 10.8 Å². The molecule has 0 amide bonds. The van der Waals surface area contributed by atoms with E-state index >= 15 is 0 Å². The maximum Gasteiger partial charge on any atom is 0.153 e. The highest BCUT2D eigenvalue weighted by Crippen LogP contribution is 2.08. The largest absolute Gasteiger partial charge is 0.409 e. The molecule has 0 aromatic heterocycles. The van der Waals surface area contributed by atoms with Gasteiger partial charge in [-0.1, -0.05) is 5.16 Å². The number of rotatable bonds is 3. The van der Waals surface area contributed by atoms with Crippen molar-refractivity contribution in [1.29, 1.82) is 0 Å². The van der Waals surface area contributed by atoms with Gasteiger partial charge in [-0.25, -0.2) is 0 Å². The second kappa shape index (κ2) is 5.18. The molecule has 0 aromatic carbocycles. The van der Waals surface area contributed by atoms with Crippen molar-refractivity contribution in [2.75, 3.05) is 18.1 Å². The first-order chi connectivity index (χ1) is 6.22. The molecular formula is C7H15N3O2S. The zero-order valence-corrected chi connectivity index (χ0v) is 8.22. The van der Waals surface area contributed by atoms with Crippen LogP contribution in [0.1, 0.15) is 12.8 Å². The number of oxime groups is 1. The molecule has 0 spiro atoms. The predicted octanol–water partition coefficient (Wildman–Crippen LogP) is -0.766. The van der Waals surface area contributed by atoms with E-state index in [1.54, 1.807) is 0 Å². The van der Waals surface area contributed by atoms with Gasteiger partial charge in [0.25, 0.3) is 0 Å². The lowest BCUT2D eigenvalue weighted by molar-refractivity contribution is 0.316. The van der Waals surface area contributed by atoms with E-state index in [0.717, 1.165) is 24.3 Å². The van der Waals surface area contributed by atoms with Crippen LogP contribution in [0.3, 0.4) is 0 Å². The highest BCUT2D eigenvalue weighted by atomic mass is 32.2. The van der Waals surface area contributed by atoms with E-state index in [0.29, 0.717) is 12.6 Å². The number of nitrogens with two attached hydrogens (primary N) is 1. The maximum absolute atomic E-state index is 11.0. The van der Waals surface area contributed by atoms with Crippen molar-refractivity contribution in [3.8, 4) is 0 Å². The maximum atomic E-state index is 11.0. The van der Waals surface area contributed by atoms with Gasteiger partial charge < -0.3 is 16.3 Å². The zero-order chi connectivity index (χ0) is 9.68. The van der Waals surface area contributed by atoms with Crippen molar-refractivity contribution in [3.63, 3.8) is 0 Å². The molecule has 6 heteroatoms. The quantitative estimate of drug-likeness (QED) is 0.244. The fourth-order valence-electron chi connectivity index (χ4n) is 1.28. The van der Waals surface area contributed by atoms with Crippen LogP contribution in [-0.2, 0) is 10.8 Å². The standard InChI is InChI=1S/C7H15N3O2S/c8-7(10-11)5-9-6-1-3-13(12)4-2-6/h6,9,11H,1-5H2,(H2,8,10). The fraction of sp³-hybridized carbons (Fsp3) is 0.857. The highest BCUT2D eigenvalue weighted by Gasteiger charge is 2.16. The van der Waals surface area contributed by atoms with Crippen molar-refractivity contribution in [2.45, 2.75) is 18.9 Å². The Balaban J connectivity index is 2.19. The molecule has 1 saturated heterocycles. The van der Waals surface area contributed by atoms with Crippen LogP contribution in [0.4, 0.5) is 0 Å². The molecule has 4 N–H and O–H groups in total. The average molecular weight is 205 g/mol. The van der Waals surface area contributed by atoms with Crippen LogP contribution in [-0.4, -0.2) is 39.3 Å². The van der Waals surface area contributed by atoms with Crippen molar-refractivity contribution in [1.82, 2.24) is 5.32 Å². The van der Waals surface area contributed by atoms with Gasteiger partial charge in [-0.3, -0.25) is 4.21 Å². The number of amidine groups is 1. The third-order valence-corrected chi connectivity index (χ3v) is 3.47. The lowest BCUT2D eigenvalue weighted by Crippen LogP contribution is -2.40. The Bertz CT molecular complexity index is 210. The molecule has 1 fully saturated rings. The van der Waals surface area contributed by atoms with Crippen LogP contribution in [0.25, 0.3) is 0 Å². The molecule has 0 bridgehead atoms. The number of nitrogens with zero attached hydrogens (tertiary/aromatic N) is 1. The minimum Gasteiger partial charge on any atom is -0.409 e. The first kappa shape index (κ1) is 10.5. The molecule has 1 heterocycles. The molecule has 1 aliphatic heterocycles. The van der Waals surface area contributed by atoms with Crippen molar-refractivity contribution in [3.05, 3.63) is 0 Å². The summed E-state index contributed by atoms with van der Waals surface area (Å²) >= 11 is 0. The van der Waals surface area contributed by atoms with Crippen molar-refractivity contribution >= 4 is 16.6 Å². The van der Waals surface area contributed by atoms with E-state index in [1.807, 2.05) is 0 Å². The second-order valence-corrected chi connectivity index (χ2v) is 4.79. The number of nitrogens with one attached hydrogen (secondary N) is 1. The summed E-state index contributed by atoms with van der Waals surface area (Å²) in [7, 11) is -0.628. The topological polar surface area (TPSA) is 87.7 Å². The van der Waals surface area contributed by atoms with Gasteiger partial charge in [0.2, 0.25) is 0 Å². The highest BCUT2D eigenvalue weighted by molar-refractivity contribution is 7.85. The van der Waals surface area contributed by atoms with Crippen LogP contribution in [0.5, 0.6) is 0 Å². The van der Waals surface area contributed by atoms with E-state index in [4.69, 9.17) is 10.9 Å². The zero-order valence-electron chi connectivity index (χ0n) is 7.40. The number of hydrogen-bond acceptors (Lipinski definition) is 4. The smallest absolute Gasteiger partial charge is 0.153 e. The first-order valence-electron chi connectivity index (χ1n) is 4.27. The van der Waals surface area contributed by atoms with E-state index in [-0.39, 0.29) is 5.84 Å². The third-order valence-electron chi connectivity index (χ3n) is 2.09. The van der Waals surface area contributed by atoms with Gasteiger partial charge in [-0.2, -0.15) is 0 Å². The summed E-state index contributed by atoms with van der Waals surface area (Å²) in [6, 6.07) is 0.359. The Kier molecular flexibility index (Phi) is 4.17. The van der Waals surface area contributed by atoms with Crippen LogP contribution in [0.2, 0.25) is 0 Å². The Morgan fingerprint density at radius 2 is 2.23 bits per heavy atom. The molecule has 0 unspecified atom stereocenters. The second-order valence-electron chi connectivity index (χ2n) is 3.09. The van der Waals surface area contributed by atoms with Gasteiger partial charge in [-0.15, -0.1) is 0 Å². The molecule has 0 aliphatic carbocycles. The fourth-order valence-corrected chi connectivity index (χ4v) is 2.58. The van der Waals surface area contributed by atoms with Gasteiger partial charge in [0, 0.05) is 28.3 Å². The van der Waals surface area contributed by atoms with E-state index in [9.17, 15) is 4.21 Å². The number of hydrogen-bond donors (Lipinski definition) is 3. The lowest BCUT2D eigenvalue weighted by Gasteiger charge is -2.22. The summed E-state index contributed by atoms with van der Waals surface area (Å²) in [5, 5.41) is 14.3. The Morgan fingerprint density at radius 1 is 1.62 bits per heavy atom. The van der Waals surface area contributed by atoms with Gasteiger partial charge in [-0.05, 0) is 12.8 Å². The normalized spacial score (nSPS) is 30.3. The monoisotopic (exact) mass is 205 g/mol. The molecule has 13 heavy (non-hydrogen) atoms. The van der Waals surface area contributed by atoms with Crippen LogP contribution >= 0.6 is 0 Å². The van der Waals surface area contributed by atoms with Crippen LogP contribution < -0.4 is 11.1 Å². The van der Waals surface area contributed by atoms with Gasteiger partial charge >= 0.3 is 0 Å². The Hall–Kier alpha value is -0.620. The summed E-state index contributed by atoms with van der Waals surface area (Å²) in [5.41, 5.74) is 5.29. The Labute approximate surface area is 79.8 Å². The van der Waals surface area contributed by atoms with Gasteiger partial charge in [0.15, 0.2) is 5.84 Å². The summed E-state index contributed by atoms with van der Waals surface area (Å²) in [6.07, 6.45) is 1.82. The SMILES string of the molecule is NC(CNC1CCS(=O)CC1)=NO. The molecule has 0 atom stereocenters. The van der Waals surface area contributed by atoms with Crippen LogP contribution in [0, 0.1) is 0 Å². The third kappa shape index (κ3) is 3.73. The van der Waals surface area contributed by atoms with Gasteiger partial charge in [0.1, 0.15) is 0 Å². The molecule has 1 aliphatic rings. The van der Waals surface area contributed by atoms with Crippen molar-refractivity contribution < 1.29 is 9.42 Å². The van der Waals surface area contributed by atoms with Gasteiger partial charge in [0.05, 0.1) is 6.54 Å². The molecular weight excluding hydrogens is 190 g/mol. The minimum atomic E-state index is -0.628.